The number of nitrogens with zero attached hydrogens (tertiary/aromatic N) is 2. The number of hydrogen-bond acceptors (Lipinski definition) is 4. The first-order valence-corrected chi connectivity index (χ1v) is 6.30. The van der Waals surface area contributed by atoms with E-state index in [1.54, 1.807) is 18.2 Å². The summed E-state index contributed by atoms with van der Waals surface area (Å²) in [6, 6.07) is 5.31. The van der Waals surface area contributed by atoms with Crippen LogP contribution < -0.4 is 10.1 Å². The fourth-order valence-electron chi connectivity index (χ4n) is 1.87. The Labute approximate surface area is 119 Å². The van der Waals surface area contributed by atoms with E-state index in [-0.39, 0.29) is 24.4 Å². The highest BCUT2D eigenvalue weighted by Gasteiger charge is 2.19. The van der Waals surface area contributed by atoms with Crippen molar-refractivity contribution in [1.29, 1.82) is 0 Å². The molecule has 1 aromatic rings. The highest BCUT2D eigenvalue weighted by Crippen LogP contribution is 2.11. The largest absolute Gasteiger partial charge is 0.475 e. The van der Waals surface area contributed by atoms with Gasteiger partial charge in [0, 0.05) is 32.2 Å². The average Bonchev–Trinajstić information content (AvgIpc) is 2.38. The molecule has 1 aliphatic heterocycles. The zero-order chi connectivity index (χ0) is 13.0. The number of aromatic nitrogens is 1. The number of hydrogen-bond donors (Lipinski definition) is 1. The number of pyridine rings is 1. The van der Waals surface area contributed by atoms with Crippen LogP contribution in [-0.2, 0) is 0 Å². The molecule has 19 heavy (non-hydrogen) atoms. The van der Waals surface area contributed by atoms with Crippen molar-refractivity contribution in [3.63, 3.8) is 0 Å². The molecule has 1 N–H and O–H groups in total. The minimum atomic E-state index is -0.0225. The molecule has 1 saturated heterocycles. The molecular formula is C13H20ClN3O2. The molecule has 2 rings (SSSR count). The number of ether oxygens (including phenoxy) is 1. The van der Waals surface area contributed by atoms with Crippen LogP contribution in [0.15, 0.2) is 18.2 Å². The molecule has 0 bridgehead atoms. The zero-order valence-corrected chi connectivity index (χ0v) is 12.1. The van der Waals surface area contributed by atoms with Gasteiger partial charge < -0.3 is 15.0 Å². The Kier molecular flexibility index (Phi) is 6.05. The van der Waals surface area contributed by atoms with Crippen molar-refractivity contribution in [3.05, 3.63) is 23.9 Å². The summed E-state index contributed by atoms with van der Waals surface area (Å²) in [7, 11) is 0. The summed E-state index contributed by atoms with van der Waals surface area (Å²) in [5, 5.41) is 3.22. The van der Waals surface area contributed by atoms with Crippen LogP contribution >= 0.6 is 12.4 Å². The quantitative estimate of drug-likeness (QED) is 0.910. The lowest BCUT2D eigenvalue weighted by Crippen LogP contribution is -2.46. The highest BCUT2D eigenvalue weighted by molar-refractivity contribution is 5.92. The first-order chi connectivity index (χ1) is 8.66. The fourth-order valence-corrected chi connectivity index (χ4v) is 1.87. The monoisotopic (exact) mass is 285 g/mol. The van der Waals surface area contributed by atoms with Crippen molar-refractivity contribution in [2.45, 2.75) is 20.0 Å². The van der Waals surface area contributed by atoms with E-state index in [4.69, 9.17) is 4.74 Å². The fraction of sp³-hybridized carbons (Fsp3) is 0.538. The Hall–Kier alpha value is -1.33. The molecule has 0 aromatic carbocycles. The lowest BCUT2D eigenvalue weighted by atomic mass is 10.3. The van der Waals surface area contributed by atoms with E-state index in [2.05, 4.69) is 10.3 Å². The molecule has 0 saturated carbocycles. The van der Waals surface area contributed by atoms with Crippen molar-refractivity contribution in [1.82, 2.24) is 15.2 Å². The summed E-state index contributed by atoms with van der Waals surface area (Å²) >= 11 is 0. The molecule has 0 spiro atoms. The van der Waals surface area contributed by atoms with Gasteiger partial charge in [-0.3, -0.25) is 4.79 Å². The third-order valence-electron chi connectivity index (χ3n) is 2.70. The molecule has 2 heterocycles. The smallest absolute Gasteiger partial charge is 0.272 e. The number of amides is 1. The van der Waals surface area contributed by atoms with Gasteiger partial charge >= 0.3 is 0 Å². The van der Waals surface area contributed by atoms with Crippen LogP contribution in [0.4, 0.5) is 0 Å². The second-order valence-electron chi connectivity index (χ2n) is 4.57. The summed E-state index contributed by atoms with van der Waals surface area (Å²) in [6.45, 7) is 7.02. The van der Waals surface area contributed by atoms with Crippen LogP contribution in [0, 0.1) is 0 Å². The lowest BCUT2D eigenvalue weighted by molar-refractivity contribution is 0.0728. The molecule has 1 aliphatic rings. The summed E-state index contributed by atoms with van der Waals surface area (Å²) in [4.78, 5) is 18.3. The van der Waals surface area contributed by atoms with E-state index in [9.17, 15) is 4.79 Å². The number of nitrogens with one attached hydrogen (secondary N) is 1. The van der Waals surface area contributed by atoms with Crippen LogP contribution in [0.3, 0.4) is 0 Å². The highest BCUT2D eigenvalue weighted by atomic mass is 35.5. The van der Waals surface area contributed by atoms with Gasteiger partial charge in [-0.25, -0.2) is 4.98 Å². The second kappa shape index (κ2) is 7.31. The molecule has 106 valence electrons. The first-order valence-electron chi connectivity index (χ1n) is 6.30. The second-order valence-corrected chi connectivity index (χ2v) is 4.57. The Bertz CT molecular complexity index is 420. The van der Waals surface area contributed by atoms with E-state index in [0.29, 0.717) is 11.6 Å². The van der Waals surface area contributed by atoms with Crippen molar-refractivity contribution >= 4 is 18.3 Å². The maximum atomic E-state index is 12.2. The van der Waals surface area contributed by atoms with Gasteiger partial charge in [0.05, 0.1) is 6.10 Å². The average molecular weight is 286 g/mol. The van der Waals surface area contributed by atoms with Gasteiger partial charge in [-0.15, -0.1) is 12.4 Å². The number of rotatable bonds is 3. The summed E-state index contributed by atoms with van der Waals surface area (Å²) < 4.78 is 5.50. The third kappa shape index (κ3) is 4.36. The number of halogens is 1. The maximum Gasteiger partial charge on any atom is 0.272 e. The molecule has 0 unspecified atom stereocenters. The summed E-state index contributed by atoms with van der Waals surface area (Å²) in [5.74, 6) is 0.483. The van der Waals surface area contributed by atoms with Crippen LogP contribution in [0.2, 0.25) is 0 Å². The zero-order valence-electron chi connectivity index (χ0n) is 11.3. The Balaban J connectivity index is 0.00000180. The van der Waals surface area contributed by atoms with E-state index in [0.717, 1.165) is 26.2 Å². The van der Waals surface area contributed by atoms with E-state index >= 15 is 0 Å². The molecule has 0 radical (unpaired) electrons. The van der Waals surface area contributed by atoms with E-state index < -0.39 is 0 Å². The molecule has 5 nitrogen and oxygen atoms in total. The van der Waals surface area contributed by atoms with Gasteiger partial charge in [-0.05, 0) is 19.9 Å². The minimum Gasteiger partial charge on any atom is -0.475 e. The maximum absolute atomic E-state index is 12.2. The molecular weight excluding hydrogens is 266 g/mol. The Morgan fingerprint density at radius 2 is 2.05 bits per heavy atom. The lowest BCUT2D eigenvalue weighted by Gasteiger charge is -2.27. The Morgan fingerprint density at radius 1 is 1.37 bits per heavy atom. The van der Waals surface area contributed by atoms with Crippen molar-refractivity contribution in [2.75, 3.05) is 26.2 Å². The predicted molar refractivity (Wildman–Crippen MR) is 76.0 cm³/mol. The summed E-state index contributed by atoms with van der Waals surface area (Å²) in [5.41, 5.74) is 0.454. The van der Waals surface area contributed by atoms with E-state index in [1.807, 2.05) is 18.7 Å². The van der Waals surface area contributed by atoms with Crippen molar-refractivity contribution in [2.24, 2.45) is 0 Å². The van der Waals surface area contributed by atoms with Crippen molar-refractivity contribution in [3.8, 4) is 5.88 Å². The molecule has 1 aromatic heterocycles. The molecule has 0 atom stereocenters. The SMILES string of the molecule is CC(C)Oc1cccc(C(=O)N2CCNCC2)n1.Cl. The van der Waals surface area contributed by atoms with E-state index in [1.165, 1.54) is 0 Å². The first kappa shape index (κ1) is 15.7. The van der Waals surface area contributed by atoms with Crippen LogP contribution in [-0.4, -0.2) is 48.1 Å². The normalized spacial score (nSPS) is 15.0. The van der Waals surface area contributed by atoms with Crippen LogP contribution in [0.5, 0.6) is 5.88 Å². The minimum absolute atomic E-state index is 0. The molecule has 0 aliphatic carbocycles. The third-order valence-corrected chi connectivity index (χ3v) is 2.70. The van der Waals surface area contributed by atoms with Gasteiger partial charge in [0.2, 0.25) is 5.88 Å². The topological polar surface area (TPSA) is 54.5 Å². The predicted octanol–water partition coefficient (Wildman–Crippen LogP) is 1.34. The number of piperazine rings is 1. The van der Waals surface area contributed by atoms with Gasteiger partial charge in [0.15, 0.2) is 0 Å². The summed E-state index contributed by atoms with van der Waals surface area (Å²) in [6.07, 6.45) is 0.0574. The molecule has 1 fully saturated rings. The van der Waals surface area contributed by atoms with Gasteiger partial charge in [-0.1, -0.05) is 6.07 Å². The Morgan fingerprint density at radius 3 is 2.68 bits per heavy atom. The van der Waals surface area contributed by atoms with Gasteiger partial charge in [-0.2, -0.15) is 0 Å². The molecule has 6 heteroatoms. The van der Waals surface area contributed by atoms with Crippen LogP contribution in [0.25, 0.3) is 0 Å². The van der Waals surface area contributed by atoms with Crippen LogP contribution in [0.1, 0.15) is 24.3 Å². The standard InChI is InChI=1S/C13H19N3O2.ClH/c1-10(2)18-12-5-3-4-11(15-12)13(17)16-8-6-14-7-9-16;/h3-5,10,14H,6-9H2,1-2H3;1H. The number of carbonyl (C=O) groups excluding carboxylic acids is 1. The number of carbonyl (C=O) groups is 1. The molecule has 1 amide bonds. The van der Waals surface area contributed by atoms with Gasteiger partial charge in [0.1, 0.15) is 5.69 Å². The van der Waals surface area contributed by atoms with Gasteiger partial charge in [0.25, 0.3) is 5.91 Å². The van der Waals surface area contributed by atoms with Crippen molar-refractivity contribution < 1.29 is 9.53 Å².